The van der Waals surface area contributed by atoms with Crippen molar-refractivity contribution in [2.24, 2.45) is 0 Å². The standard InChI is InChI=1S/C38H30F8O2S/c39-35-19-25(33-5-1-3-31(33)23-11-15-29(16-12-23)37(41,42)43)7-9-27(35)21-49(47,48)22-28-10-8-26(20-36(28)40)34-6-2-4-32(34)24-13-17-30(18-14-24)38(44,45)46/h7-20H,1-6,21-22H2. The Morgan fingerprint density at radius 3 is 1.08 bits per heavy atom. The zero-order valence-electron chi connectivity index (χ0n) is 26.0. The Kier molecular flexibility index (Phi) is 9.34. The molecule has 0 aromatic heterocycles. The van der Waals surface area contributed by atoms with E-state index in [2.05, 4.69) is 0 Å². The van der Waals surface area contributed by atoms with Crippen LogP contribution in [0.15, 0.2) is 84.9 Å². The predicted octanol–water partition coefficient (Wildman–Crippen LogP) is 11.3. The van der Waals surface area contributed by atoms with E-state index in [1.54, 1.807) is 12.1 Å². The van der Waals surface area contributed by atoms with Gasteiger partial charge in [0.25, 0.3) is 0 Å². The summed E-state index contributed by atoms with van der Waals surface area (Å²) in [4.78, 5) is 0. The van der Waals surface area contributed by atoms with Crippen molar-refractivity contribution in [3.8, 4) is 0 Å². The fourth-order valence-electron chi connectivity index (χ4n) is 6.71. The van der Waals surface area contributed by atoms with Crippen molar-refractivity contribution in [1.29, 1.82) is 0 Å². The summed E-state index contributed by atoms with van der Waals surface area (Å²) in [5.41, 5.74) is 3.75. The van der Waals surface area contributed by atoms with Gasteiger partial charge >= 0.3 is 12.4 Å². The number of rotatable bonds is 8. The molecule has 0 saturated heterocycles. The molecule has 256 valence electrons. The van der Waals surface area contributed by atoms with Crippen molar-refractivity contribution in [3.05, 3.63) is 141 Å². The highest BCUT2D eigenvalue weighted by Gasteiger charge is 2.31. The Morgan fingerprint density at radius 1 is 0.469 bits per heavy atom. The van der Waals surface area contributed by atoms with Crippen LogP contribution in [-0.4, -0.2) is 8.42 Å². The first kappa shape index (κ1) is 34.6. The Morgan fingerprint density at radius 2 is 0.776 bits per heavy atom. The van der Waals surface area contributed by atoms with Gasteiger partial charge in [-0.1, -0.05) is 48.5 Å². The SMILES string of the molecule is O=S(=O)(Cc1ccc(C2=C(c3ccc(C(F)(F)F)cc3)CCC2)cc1F)Cc1ccc(C2=C(c3ccc(C(F)(F)F)cc3)CCC2)cc1F. The minimum absolute atomic E-state index is 0.0900. The molecule has 2 nitrogen and oxygen atoms in total. The Labute approximate surface area is 278 Å². The second-order valence-electron chi connectivity index (χ2n) is 12.4. The van der Waals surface area contributed by atoms with Crippen LogP contribution in [-0.2, 0) is 33.7 Å². The minimum atomic E-state index is -4.46. The fourth-order valence-corrected chi connectivity index (χ4v) is 8.23. The van der Waals surface area contributed by atoms with E-state index in [9.17, 15) is 34.8 Å². The second-order valence-corrected chi connectivity index (χ2v) is 14.5. The van der Waals surface area contributed by atoms with E-state index >= 15 is 8.78 Å². The summed E-state index contributed by atoms with van der Waals surface area (Å²) in [6.45, 7) is 0. The first-order valence-corrected chi connectivity index (χ1v) is 17.5. The number of benzene rings is 4. The number of hydrogen-bond acceptors (Lipinski definition) is 2. The Hall–Kier alpha value is -4.25. The van der Waals surface area contributed by atoms with Gasteiger partial charge in [0.1, 0.15) is 11.6 Å². The lowest BCUT2D eigenvalue weighted by molar-refractivity contribution is -0.138. The van der Waals surface area contributed by atoms with Crippen LogP contribution in [0.5, 0.6) is 0 Å². The molecule has 4 aromatic carbocycles. The molecule has 0 N–H and O–H groups in total. The summed E-state index contributed by atoms with van der Waals surface area (Å²) >= 11 is 0. The highest BCUT2D eigenvalue weighted by Crippen LogP contribution is 2.42. The average Bonchev–Trinajstić information content (AvgIpc) is 3.73. The van der Waals surface area contributed by atoms with Crippen LogP contribution in [0.3, 0.4) is 0 Å². The van der Waals surface area contributed by atoms with Gasteiger partial charge in [-0.25, -0.2) is 17.2 Å². The third-order valence-corrected chi connectivity index (χ3v) is 10.6. The van der Waals surface area contributed by atoms with E-state index in [0.29, 0.717) is 47.9 Å². The van der Waals surface area contributed by atoms with Gasteiger partial charge in [0.05, 0.1) is 22.6 Å². The zero-order chi connectivity index (χ0) is 35.1. The molecule has 0 saturated carbocycles. The van der Waals surface area contributed by atoms with E-state index in [1.807, 2.05) is 0 Å². The molecule has 0 radical (unpaired) electrons. The van der Waals surface area contributed by atoms with Crippen molar-refractivity contribution in [2.45, 2.75) is 62.4 Å². The van der Waals surface area contributed by atoms with Crippen LogP contribution >= 0.6 is 0 Å². The minimum Gasteiger partial charge on any atom is -0.228 e. The van der Waals surface area contributed by atoms with Crippen LogP contribution in [0, 0.1) is 11.6 Å². The molecule has 2 aliphatic rings. The third kappa shape index (κ3) is 7.66. The lowest BCUT2D eigenvalue weighted by Gasteiger charge is -2.13. The lowest BCUT2D eigenvalue weighted by atomic mass is 9.95. The van der Waals surface area contributed by atoms with E-state index in [4.69, 9.17) is 0 Å². The number of hydrogen-bond donors (Lipinski definition) is 0. The number of alkyl halides is 6. The normalized spacial score (nSPS) is 15.8. The smallest absolute Gasteiger partial charge is 0.228 e. The third-order valence-electron chi connectivity index (χ3n) is 9.11. The summed E-state index contributed by atoms with van der Waals surface area (Å²) in [5.74, 6) is -2.86. The maximum atomic E-state index is 15.3. The van der Waals surface area contributed by atoms with Crippen LogP contribution in [0.1, 0.15) is 83.0 Å². The highest BCUT2D eigenvalue weighted by atomic mass is 32.2. The molecule has 0 bridgehead atoms. The van der Waals surface area contributed by atoms with Crippen LogP contribution < -0.4 is 0 Å². The summed E-state index contributed by atoms with van der Waals surface area (Å²) < 4.78 is 135. The monoisotopic (exact) mass is 702 g/mol. The quantitative estimate of drug-likeness (QED) is 0.171. The number of halogens is 8. The molecule has 0 amide bonds. The molecule has 49 heavy (non-hydrogen) atoms. The van der Waals surface area contributed by atoms with Gasteiger partial charge in [0, 0.05) is 11.1 Å². The molecule has 0 spiro atoms. The maximum absolute atomic E-state index is 15.3. The van der Waals surface area contributed by atoms with Crippen molar-refractivity contribution in [1.82, 2.24) is 0 Å². The number of sulfone groups is 1. The van der Waals surface area contributed by atoms with E-state index in [1.165, 1.54) is 48.5 Å². The molecule has 2 aliphatic carbocycles. The van der Waals surface area contributed by atoms with Crippen LogP contribution in [0.2, 0.25) is 0 Å². The van der Waals surface area contributed by atoms with Crippen molar-refractivity contribution >= 4 is 32.1 Å². The summed E-state index contributed by atoms with van der Waals surface area (Å²) in [6.07, 6.45) is -5.05. The molecule has 0 fully saturated rings. The van der Waals surface area contributed by atoms with Crippen LogP contribution in [0.4, 0.5) is 35.1 Å². The van der Waals surface area contributed by atoms with E-state index in [0.717, 1.165) is 59.4 Å². The zero-order valence-corrected chi connectivity index (χ0v) is 26.8. The van der Waals surface area contributed by atoms with Crippen molar-refractivity contribution in [2.75, 3.05) is 0 Å². The van der Waals surface area contributed by atoms with Crippen LogP contribution in [0.25, 0.3) is 22.3 Å². The van der Waals surface area contributed by atoms with Gasteiger partial charge in [-0.15, -0.1) is 0 Å². The summed E-state index contributed by atoms with van der Waals surface area (Å²) in [6, 6.07) is 18.0. The molecule has 6 rings (SSSR count). The van der Waals surface area contributed by atoms with Crippen molar-refractivity contribution < 1.29 is 43.5 Å². The largest absolute Gasteiger partial charge is 0.416 e. The molecule has 11 heteroatoms. The Balaban J connectivity index is 1.18. The Bertz CT molecular complexity index is 1910. The average molecular weight is 703 g/mol. The highest BCUT2D eigenvalue weighted by molar-refractivity contribution is 7.89. The molecule has 4 aromatic rings. The maximum Gasteiger partial charge on any atom is 0.416 e. The van der Waals surface area contributed by atoms with Gasteiger partial charge in [0.15, 0.2) is 9.84 Å². The van der Waals surface area contributed by atoms with E-state index in [-0.39, 0.29) is 11.1 Å². The van der Waals surface area contributed by atoms with Gasteiger partial charge in [-0.2, -0.15) is 26.3 Å². The van der Waals surface area contributed by atoms with Gasteiger partial charge in [-0.3, -0.25) is 0 Å². The van der Waals surface area contributed by atoms with E-state index < -0.39 is 56.5 Å². The summed E-state index contributed by atoms with van der Waals surface area (Å²) in [5, 5.41) is 0. The van der Waals surface area contributed by atoms with Gasteiger partial charge in [-0.05, 0) is 119 Å². The lowest BCUT2D eigenvalue weighted by Crippen LogP contribution is -2.10. The molecular formula is C38H30F8O2S. The number of allylic oxidation sites excluding steroid dienone is 4. The predicted molar refractivity (Wildman–Crippen MR) is 173 cm³/mol. The first-order valence-electron chi connectivity index (χ1n) is 15.7. The molecule has 0 heterocycles. The fraction of sp³-hybridized carbons (Fsp3) is 0.263. The topological polar surface area (TPSA) is 34.1 Å². The molecular weight excluding hydrogens is 672 g/mol. The second kappa shape index (κ2) is 13.2. The first-order chi connectivity index (χ1) is 23.1. The van der Waals surface area contributed by atoms with Gasteiger partial charge in [0.2, 0.25) is 0 Å². The van der Waals surface area contributed by atoms with Crippen molar-refractivity contribution in [3.63, 3.8) is 0 Å². The molecule has 0 aliphatic heterocycles. The summed E-state index contributed by atoms with van der Waals surface area (Å²) in [7, 11) is -4.02. The molecule has 0 unspecified atom stereocenters. The van der Waals surface area contributed by atoms with Gasteiger partial charge < -0.3 is 0 Å². The molecule has 0 atom stereocenters.